The SMILES string of the molecule is Cc1cccc(CC(=O)N2CCC(C(=O)NCc3ccccc3C)CC2)c1. The molecule has 0 spiro atoms. The summed E-state index contributed by atoms with van der Waals surface area (Å²) in [6.07, 6.45) is 1.91. The Morgan fingerprint density at radius 3 is 2.48 bits per heavy atom. The number of carbonyl (C=O) groups is 2. The van der Waals surface area contributed by atoms with Crippen molar-refractivity contribution < 1.29 is 9.59 Å². The molecule has 0 atom stereocenters. The Kier molecular flexibility index (Phi) is 6.28. The van der Waals surface area contributed by atoms with Crippen molar-refractivity contribution in [1.82, 2.24) is 10.2 Å². The molecule has 0 saturated carbocycles. The molecule has 1 heterocycles. The van der Waals surface area contributed by atoms with Crippen molar-refractivity contribution in [2.24, 2.45) is 5.92 Å². The Morgan fingerprint density at radius 2 is 1.78 bits per heavy atom. The molecular formula is C23H28N2O2. The number of likely N-dealkylation sites (tertiary alicyclic amines) is 1. The third kappa shape index (κ3) is 5.19. The monoisotopic (exact) mass is 364 g/mol. The first-order valence-corrected chi connectivity index (χ1v) is 9.68. The smallest absolute Gasteiger partial charge is 0.226 e. The van der Waals surface area contributed by atoms with Gasteiger partial charge in [0, 0.05) is 25.6 Å². The van der Waals surface area contributed by atoms with Crippen LogP contribution in [0.4, 0.5) is 0 Å². The zero-order chi connectivity index (χ0) is 19.2. The summed E-state index contributed by atoms with van der Waals surface area (Å²) in [5, 5.41) is 3.06. The van der Waals surface area contributed by atoms with Crippen molar-refractivity contribution in [3.05, 3.63) is 70.8 Å². The van der Waals surface area contributed by atoms with Crippen molar-refractivity contribution in [1.29, 1.82) is 0 Å². The molecule has 27 heavy (non-hydrogen) atoms. The van der Waals surface area contributed by atoms with Crippen LogP contribution in [-0.2, 0) is 22.6 Å². The second-order valence-corrected chi connectivity index (χ2v) is 7.47. The van der Waals surface area contributed by atoms with Crippen molar-refractivity contribution in [3.8, 4) is 0 Å². The molecule has 3 rings (SSSR count). The van der Waals surface area contributed by atoms with Crippen LogP contribution in [0.2, 0.25) is 0 Å². The molecule has 0 aromatic heterocycles. The summed E-state index contributed by atoms with van der Waals surface area (Å²) in [4.78, 5) is 26.9. The zero-order valence-corrected chi connectivity index (χ0v) is 16.2. The van der Waals surface area contributed by atoms with Crippen LogP contribution in [0, 0.1) is 19.8 Å². The van der Waals surface area contributed by atoms with E-state index in [1.54, 1.807) is 0 Å². The number of amides is 2. The van der Waals surface area contributed by atoms with Gasteiger partial charge in [-0.05, 0) is 43.4 Å². The maximum atomic E-state index is 12.5. The Labute approximate surface area is 161 Å². The van der Waals surface area contributed by atoms with Crippen LogP contribution >= 0.6 is 0 Å². The van der Waals surface area contributed by atoms with E-state index in [9.17, 15) is 9.59 Å². The normalized spacial score (nSPS) is 14.8. The molecule has 1 aliphatic rings. The lowest BCUT2D eigenvalue weighted by Gasteiger charge is -2.31. The van der Waals surface area contributed by atoms with E-state index in [1.807, 2.05) is 48.2 Å². The zero-order valence-electron chi connectivity index (χ0n) is 16.2. The van der Waals surface area contributed by atoms with Gasteiger partial charge in [-0.2, -0.15) is 0 Å². The lowest BCUT2D eigenvalue weighted by Crippen LogP contribution is -2.43. The molecule has 4 nitrogen and oxygen atoms in total. The van der Waals surface area contributed by atoms with E-state index >= 15 is 0 Å². The van der Waals surface area contributed by atoms with Gasteiger partial charge in [-0.15, -0.1) is 0 Å². The highest BCUT2D eigenvalue weighted by Crippen LogP contribution is 2.19. The highest BCUT2D eigenvalue weighted by atomic mass is 16.2. The summed E-state index contributed by atoms with van der Waals surface area (Å²) in [5.41, 5.74) is 4.56. The minimum absolute atomic E-state index is 0.00274. The quantitative estimate of drug-likeness (QED) is 0.884. The molecule has 1 fully saturated rings. The van der Waals surface area contributed by atoms with Crippen LogP contribution < -0.4 is 5.32 Å². The minimum atomic E-state index is -0.00274. The van der Waals surface area contributed by atoms with E-state index < -0.39 is 0 Å². The van der Waals surface area contributed by atoms with Crippen LogP contribution in [0.5, 0.6) is 0 Å². The number of benzene rings is 2. The largest absolute Gasteiger partial charge is 0.352 e. The second kappa shape index (κ2) is 8.85. The maximum Gasteiger partial charge on any atom is 0.226 e. The van der Waals surface area contributed by atoms with Crippen molar-refractivity contribution in [2.45, 2.75) is 39.7 Å². The number of carbonyl (C=O) groups excluding carboxylic acids is 2. The number of rotatable bonds is 5. The molecule has 1 aliphatic heterocycles. The van der Waals surface area contributed by atoms with Crippen LogP contribution in [0.3, 0.4) is 0 Å². The lowest BCUT2D eigenvalue weighted by atomic mass is 9.95. The molecule has 1 N–H and O–H groups in total. The average molecular weight is 364 g/mol. The van der Waals surface area contributed by atoms with Gasteiger partial charge in [-0.25, -0.2) is 0 Å². The van der Waals surface area contributed by atoms with Crippen molar-refractivity contribution in [2.75, 3.05) is 13.1 Å². The fourth-order valence-corrected chi connectivity index (χ4v) is 3.63. The molecule has 2 amide bonds. The predicted molar refractivity (Wildman–Crippen MR) is 107 cm³/mol. The maximum absolute atomic E-state index is 12.5. The van der Waals surface area contributed by atoms with Gasteiger partial charge in [-0.1, -0.05) is 54.1 Å². The highest BCUT2D eigenvalue weighted by molar-refractivity contribution is 5.81. The molecule has 2 aromatic rings. The standard InChI is InChI=1S/C23H28N2O2/c1-17-6-5-8-19(14-17)15-22(26)25-12-10-20(11-13-25)23(27)24-16-21-9-4-3-7-18(21)2/h3-9,14,20H,10-13,15-16H2,1-2H3,(H,24,27). The fourth-order valence-electron chi connectivity index (χ4n) is 3.63. The average Bonchev–Trinajstić information content (AvgIpc) is 2.67. The van der Waals surface area contributed by atoms with E-state index in [2.05, 4.69) is 24.4 Å². The molecule has 2 aromatic carbocycles. The van der Waals surface area contributed by atoms with E-state index in [4.69, 9.17) is 0 Å². The van der Waals surface area contributed by atoms with E-state index in [1.165, 1.54) is 11.1 Å². The third-order valence-electron chi connectivity index (χ3n) is 5.37. The number of nitrogens with zero attached hydrogens (tertiary/aromatic N) is 1. The van der Waals surface area contributed by atoms with Crippen LogP contribution in [0.15, 0.2) is 48.5 Å². The summed E-state index contributed by atoms with van der Waals surface area (Å²) in [7, 11) is 0. The minimum Gasteiger partial charge on any atom is -0.352 e. The Hall–Kier alpha value is -2.62. The van der Waals surface area contributed by atoms with Crippen molar-refractivity contribution in [3.63, 3.8) is 0 Å². The van der Waals surface area contributed by atoms with Gasteiger partial charge >= 0.3 is 0 Å². The molecule has 0 bridgehead atoms. The van der Waals surface area contributed by atoms with Crippen LogP contribution in [-0.4, -0.2) is 29.8 Å². The summed E-state index contributed by atoms with van der Waals surface area (Å²) in [6.45, 7) is 5.98. The molecule has 0 radical (unpaired) electrons. The number of hydrogen-bond donors (Lipinski definition) is 1. The van der Waals surface area contributed by atoms with Gasteiger partial charge in [0.05, 0.1) is 6.42 Å². The van der Waals surface area contributed by atoms with Gasteiger partial charge in [0.25, 0.3) is 0 Å². The second-order valence-electron chi connectivity index (χ2n) is 7.47. The van der Waals surface area contributed by atoms with Gasteiger partial charge in [0.2, 0.25) is 11.8 Å². The molecule has 1 saturated heterocycles. The van der Waals surface area contributed by atoms with E-state index in [-0.39, 0.29) is 17.7 Å². The number of piperidine rings is 1. The third-order valence-corrected chi connectivity index (χ3v) is 5.37. The summed E-state index contributed by atoms with van der Waals surface area (Å²) >= 11 is 0. The topological polar surface area (TPSA) is 49.4 Å². The first kappa shape index (κ1) is 19.2. The number of aryl methyl sites for hydroxylation is 2. The first-order valence-electron chi connectivity index (χ1n) is 9.68. The van der Waals surface area contributed by atoms with Crippen LogP contribution in [0.25, 0.3) is 0 Å². The molecule has 0 unspecified atom stereocenters. The van der Waals surface area contributed by atoms with Crippen LogP contribution in [0.1, 0.15) is 35.1 Å². The number of nitrogens with one attached hydrogen (secondary N) is 1. The molecule has 142 valence electrons. The van der Waals surface area contributed by atoms with Gasteiger partial charge in [0.15, 0.2) is 0 Å². The van der Waals surface area contributed by atoms with Gasteiger partial charge in [-0.3, -0.25) is 9.59 Å². The highest BCUT2D eigenvalue weighted by Gasteiger charge is 2.27. The van der Waals surface area contributed by atoms with Gasteiger partial charge < -0.3 is 10.2 Å². The van der Waals surface area contributed by atoms with E-state index in [0.717, 1.165) is 24.0 Å². The fraction of sp³-hybridized carbons (Fsp3) is 0.391. The van der Waals surface area contributed by atoms with Crippen molar-refractivity contribution >= 4 is 11.8 Å². The first-order chi connectivity index (χ1) is 13.0. The Balaban J connectivity index is 1.46. The lowest BCUT2D eigenvalue weighted by molar-refractivity contribution is -0.135. The summed E-state index contributed by atoms with van der Waals surface area (Å²) in [5.74, 6) is 0.250. The predicted octanol–water partition coefficient (Wildman–Crippen LogP) is 3.40. The van der Waals surface area contributed by atoms with E-state index in [0.29, 0.717) is 26.1 Å². The van der Waals surface area contributed by atoms with Gasteiger partial charge in [0.1, 0.15) is 0 Å². The molecule has 0 aliphatic carbocycles. The summed E-state index contributed by atoms with van der Waals surface area (Å²) in [6, 6.07) is 16.2. The molecule has 4 heteroatoms. The summed E-state index contributed by atoms with van der Waals surface area (Å²) < 4.78 is 0. The Morgan fingerprint density at radius 1 is 1.04 bits per heavy atom. The molecular weight excluding hydrogens is 336 g/mol. The Bertz CT molecular complexity index is 808. The number of hydrogen-bond acceptors (Lipinski definition) is 2.